The highest BCUT2D eigenvalue weighted by molar-refractivity contribution is 7.91. The highest BCUT2D eigenvalue weighted by Crippen LogP contribution is 2.41. The van der Waals surface area contributed by atoms with Crippen molar-refractivity contribution in [3.63, 3.8) is 0 Å². The summed E-state index contributed by atoms with van der Waals surface area (Å²) in [6, 6.07) is 19.7. The summed E-state index contributed by atoms with van der Waals surface area (Å²) in [6.45, 7) is 2.93. The number of hydrogen-bond acceptors (Lipinski definition) is 7. The summed E-state index contributed by atoms with van der Waals surface area (Å²) >= 11 is 0. The Morgan fingerprint density at radius 1 is 0.919 bits per heavy atom. The molecule has 1 aliphatic rings. The van der Waals surface area contributed by atoms with Gasteiger partial charge in [0.05, 0.1) is 35.9 Å². The van der Waals surface area contributed by atoms with Gasteiger partial charge in [-0.3, -0.25) is 4.98 Å². The Labute approximate surface area is 217 Å². The first-order valence-corrected chi connectivity index (χ1v) is 13.6. The maximum absolute atomic E-state index is 13.9. The first-order valence-electron chi connectivity index (χ1n) is 12.2. The Hall–Kier alpha value is -3.62. The molecule has 1 N–H and O–H groups in total. The lowest BCUT2D eigenvalue weighted by atomic mass is 9.84. The predicted molar refractivity (Wildman–Crippen MR) is 143 cm³/mol. The zero-order valence-corrected chi connectivity index (χ0v) is 22.0. The number of rotatable bonds is 6. The van der Waals surface area contributed by atoms with E-state index in [1.165, 1.54) is 6.20 Å². The number of aromatic nitrogens is 1. The number of anilines is 1. The van der Waals surface area contributed by atoms with Gasteiger partial charge in [0, 0.05) is 24.7 Å². The Balaban J connectivity index is 1.57. The summed E-state index contributed by atoms with van der Waals surface area (Å²) in [5.41, 5.74) is 2.13. The van der Waals surface area contributed by atoms with Gasteiger partial charge in [-0.1, -0.05) is 23.8 Å². The highest BCUT2D eigenvalue weighted by atomic mass is 32.2. The molecule has 4 aromatic rings. The smallest absolute Gasteiger partial charge is 0.210 e. The Kier molecular flexibility index (Phi) is 6.56. The number of benzene rings is 3. The molecule has 0 atom stereocenters. The van der Waals surface area contributed by atoms with E-state index >= 15 is 0 Å². The van der Waals surface area contributed by atoms with E-state index in [2.05, 4.69) is 9.88 Å². The average Bonchev–Trinajstić information content (AvgIpc) is 2.93. The summed E-state index contributed by atoms with van der Waals surface area (Å²) in [5.74, 6) is 1.27. The van der Waals surface area contributed by atoms with Gasteiger partial charge in [-0.05, 0) is 73.9 Å². The first-order chi connectivity index (χ1) is 17.7. The number of aliphatic hydroxyl groups is 1. The van der Waals surface area contributed by atoms with Crippen LogP contribution in [0.2, 0.25) is 0 Å². The fraction of sp³-hybridized carbons (Fsp3) is 0.276. The third kappa shape index (κ3) is 4.63. The van der Waals surface area contributed by atoms with E-state index in [4.69, 9.17) is 9.47 Å². The molecule has 1 aromatic heterocycles. The quantitative estimate of drug-likeness (QED) is 0.389. The number of hydrogen-bond donors (Lipinski definition) is 1. The summed E-state index contributed by atoms with van der Waals surface area (Å²) in [6.07, 6.45) is 2.34. The number of aryl methyl sites for hydroxylation is 1. The Bertz CT molecular complexity index is 1540. The molecular weight excluding hydrogens is 488 g/mol. The van der Waals surface area contributed by atoms with E-state index in [9.17, 15) is 13.5 Å². The van der Waals surface area contributed by atoms with Crippen LogP contribution in [0.4, 0.5) is 5.69 Å². The predicted octanol–water partition coefficient (Wildman–Crippen LogP) is 4.88. The summed E-state index contributed by atoms with van der Waals surface area (Å²) < 4.78 is 38.3. The van der Waals surface area contributed by atoms with Crippen LogP contribution in [0.25, 0.3) is 10.9 Å². The molecule has 7 nitrogen and oxygen atoms in total. The number of sulfone groups is 1. The molecular formula is C29H30N2O5S. The average molecular weight is 519 g/mol. The normalized spacial score (nSPS) is 15.5. The maximum atomic E-state index is 13.9. The van der Waals surface area contributed by atoms with E-state index in [1.54, 1.807) is 38.5 Å². The molecule has 0 bridgehead atoms. The summed E-state index contributed by atoms with van der Waals surface area (Å²) in [7, 11) is -0.731. The van der Waals surface area contributed by atoms with Crippen LogP contribution in [-0.2, 0) is 15.4 Å². The van der Waals surface area contributed by atoms with E-state index < -0.39 is 15.4 Å². The van der Waals surface area contributed by atoms with E-state index in [0.29, 0.717) is 43.1 Å². The number of nitrogens with zero attached hydrogens (tertiary/aromatic N) is 2. The second-order valence-electron chi connectivity index (χ2n) is 9.42. The minimum absolute atomic E-state index is 0.155. The van der Waals surface area contributed by atoms with Crippen LogP contribution in [0.15, 0.2) is 82.7 Å². The SMILES string of the molecule is COc1ccc(S(=O)(=O)c2cnc3ccc(C)cc3c2N2CCC(O)(c3cccc(OC)c3)CC2)cc1. The van der Waals surface area contributed by atoms with Crippen molar-refractivity contribution in [3.05, 3.63) is 84.1 Å². The first kappa shape index (κ1) is 25.0. The molecule has 0 radical (unpaired) electrons. The van der Waals surface area contributed by atoms with Crippen molar-refractivity contribution < 1.29 is 23.0 Å². The van der Waals surface area contributed by atoms with E-state index in [-0.39, 0.29) is 9.79 Å². The lowest BCUT2D eigenvalue weighted by Crippen LogP contribution is -2.43. The van der Waals surface area contributed by atoms with Crippen LogP contribution in [0.1, 0.15) is 24.0 Å². The molecule has 0 amide bonds. The number of pyridine rings is 1. The van der Waals surface area contributed by atoms with Crippen molar-refractivity contribution >= 4 is 26.4 Å². The lowest BCUT2D eigenvalue weighted by molar-refractivity contribution is 0.0116. The zero-order chi connectivity index (χ0) is 26.2. The molecule has 0 spiro atoms. The van der Waals surface area contributed by atoms with Gasteiger partial charge in [0.25, 0.3) is 0 Å². The van der Waals surface area contributed by atoms with Gasteiger partial charge in [0.1, 0.15) is 16.4 Å². The van der Waals surface area contributed by atoms with Crippen LogP contribution in [0, 0.1) is 6.92 Å². The van der Waals surface area contributed by atoms with E-state index in [1.807, 2.05) is 49.4 Å². The fourth-order valence-corrected chi connectivity index (χ4v) is 6.41. The van der Waals surface area contributed by atoms with Crippen molar-refractivity contribution in [1.29, 1.82) is 0 Å². The van der Waals surface area contributed by atoms with Crippen LogP contribution >= 0.6 is 0 Å². The van der Waals surface area contributed by atoms with Crippen LogP contribution in [0.3, 0.4) is 0 Å². The van der Waals surface area contributed by atoms with Crippen molar-refractivity contribution in [2.24, 2.45) is 0 Å². The molecule has 3 aromatic carbocycles. The zero-order valence-electron chi connectivity index (χ0n) is 21.1. The molecule has 0 unspecified atom stereocenters. The largest absolute Gasteiger partial charge is 0.497 e. The Morgan fingerprint density at radius 2 is 1.62 bits per heavy atom. The number of fused-ring (bicyclic) bond motifs is 1. The lowest BCUT2D eigenvalue weighted by Gasteiger charge is -2.40. The van der Waals surface area contributed by atoms with Gasteiger partial charge in [-0.15, -0.1) is 0 Å². The van der Waals surface area contributed by atoms with Crippen molar-refractivity contribution in [2.75, 3.05) is 32.2 Å². The van der Waals surface area contributed by atoms with Gasteiger partial charge >= 0.3 is 0 Å². The molecule has 8 heteroatoms. The summed E-state index contributed by atoms with van der Waals surface area (Å²) in [4.78, 5) is 6.90. The second-order valence-corrected chi connectivity index (χ2v) is 11.3. The standard InChI is InChI=1S/C29H30N2O5S/c1-20-7-12-26-25(17-20)28(27(19-30-26)37(33,34)24-10-8-22(35-2)9-11-24)31-15-13-29(32,14-16-31)21-5-4-6-23(18-21)36-3/h4-12,17-19,32H,13-16H2,1-3H3. The molecule has 1 saturated heterocycles. The van der Waals surface area contributed by atoms with Crippen molar-refractivity contribution in [1.82, 2.24) is 4.98 Å². The molecule has 0 aliphatic carbocycles. The third-order valence-corrected chi connectivity index (χ3v) is 8.91. The molecule has 1 fully saturated rings. The highest BCUT2D eigenvalue weighted by Gasteiger charge is 2.36. The van der Waals surface area contributed by atoms with Crippen LogP contribution in [-0.4, -0.2) is 45.8 Å². The molecule has 37 heavy (non-hydrogen) atoms. The number of ether oxygens (including phenoxy) is 2. The van der Waals surface area contributed by atoms with Gasteiger partial charge in [0.2, 0.25) is 9.84 Å². The maximum Gasteiger partial charge on any atom is 0.210 e. The number of piperidine rings is 1. The monoisotopic (exact) mass is 518 g/mol. The minimum atomic E-state index is -3.88. The second kappa shape index (κ2) is 9.68. The van der Waals surface area contributed by atoms with Crippen molar-refractivity contribution in [2.45, 2.75) is 35.2 Å². The summed E-state index contributed by atoms with van der Waals surface area (Å²) in [5, 5.41) is 12.3. The van der Waals surface area contributed by atoms with Gasteiger partial charge in [0.15, 0.2) is 0 Å². The third-order valence-electron chi connectivity index (χ3n) is 7.13. The fourth-order valence-electron chi connectivity index (χ4n) is 4.98. The van der Waals surface area contributed by atoms with Gasteiger partial charge in [-0.2, -0.15) is 0 Å². The van der Waals surface area contributed by atoms with E-state index in [0.717, 1.165) is 22.0 Å². The number of methoxy groups -OCH3 is 2. The minimum Gasteiger partial charge on any atom is -0.497 e. The molecule has 0 saturated carbocycles. The van der Waals surface area contributed by atoms with Gasteiger partial charge < -0.3 is 19.5 Å². The van der Waals surface area contributed by atoms with Gasteiger partial charge in [-0.25, -0.2) is 8.42 Å². The van der Waals surface area contributed by atoms with Crippen LogP contribution < -0.4 is 14.4 Å². The molecule has 5 rings (SSSR count). The van der Waals surface area contributed by atoms with Crippen LogP contribution in [0.5, 0.6) is 11.5 Å². The molecule has 1 aliphatic heterocycles. The van der Waals surface area contributed by atoms with Crippen molar-refractivity contribution in [3.8, 4) is 11.5 Å². The molecule has 2 heterocycles. The molecule has 192 valence electrons. The Morgan fingerprint density at radius 3 is 2.30 bits per heavy atom. The topological polar surface area (TPSA) is 89.0 Å².